The smallest absolute Gasteiger partial charge is 0.161 e. The summed E-state index contributed by atoms with van der Waals surface area (Å²) in [5.41, 5.74) is 1.72. The molecule has 1 fully saturated rings. The van der Waals surface area contributed by atoms with Gasteiger partial charge in [-0.15, -0.1) is 0 Å². The summed E-state index contributed by atoms with van der Waals surface area (Å²) >= 11 is 6.19. The summed E-state index contributed by atoms with van der Waals surface area (Å²) in [5.74, 6) is 0.0168. The van der Waals surface area contributed by atoms with E-state index in [1.165, 1.54) is 6.42 Å². The maximum atomic E-state index is 11.4. The average molecular weight is 295 g/mol. The number of halogens is 1. The van der Waals surface area contributed by atoms with Crippen LogP contribution in [0.2, 0.25) is 5.02 Å². The van der Waals surface area contributed by atoms with Crippen molar-refractivity contribution < 1.29 is 4.79 Å². The van der Waals surface area contributed by atoms with Crippen molar-refractivity contribution in [2.24, 2.45) is 0 Å². The van der Waals surface area contributed by atoms with E-state index in [1.807, 2.05) is 18.2 Å². The third-order valence-corrected chi connectivity index (χ3v) is 4.54. The number of rotatable bonds is 4. The van der Waals surface area contributed by atoms with Gasteiger partial charge in [0.15, 0.2) is 5.78 Å². The van der Waals surface area contributed by atoms with Crippen molar-refractivity contribution in [1.29, 1.82) is 0 Å². The summed E-state index contributed by atoms with van der Waals surface area (Å²) in [6.45, 7) is 10.3. The Bertz CT molecular complexity index is 481. The second-order valence-corrected chi connectivity index (χ2v) is 5.91. The number of piperazine rings is 1. The summed E-state index contributed by atoms with van der Waals surface area (Å²) in [4.78, 5) is 16.3. The number of carbonyl (C=O) groups is 1. The Morgan fingerprint density at radius 1 is 1.30 bits per heavy atom. The second kappa shape index (κ2) is 6.59. The standard InChI is InChI=1S/C16H23ClN2O/c1-4-12(2)18-7-9-19(10-8-18)14-5-6-15(13(3)20)16(17)11-14/h5-6,11-12H,4,7-10H2,1-3H3. The predicted octanol–water partition coefficient (Wildman–Crippen LogP) is 3.46. The number of hydrogen-bond acceptors (Lipinski definition) is 3. The third-order valence-electron chi connectivity index (χ3n) is 4.23. The molecule has 1 atom stereocenters. The molecule has 0 radical (unpaired) electrons. The first-order valence-corrected chi connectivity index (χ1v) is 7.70. The van der Waals surface area contributed by atoms with Crippen LogP contribution in [0.3, 0.4) is 0 Å². The molecule has 1 unspecified atom stereocenters. The summed E-state index contributed by atoms with van der Waals surface area (Å²) < 4.78 is 0. The van der Waals surface area contributed by atoms with Gasteiger partial charge in [0.05, 0.1) is 5.02 Å². The highest BCUT2D eigenvalue weighted by Gasteiger charge is 2.20. The lowest BCUT2D eigenvalue weighted by molar-refractivity contribution is 0.101. The van der Waals surface area contributed by atoms with Crippen LogP contribution in [0.4, 0.5) is 5.69 Å². The number of Topliss-reactive ketones (excluding diaryl/α,β-unsaturated/α-hetero) is 1. The largest absolute Gasteiger partial charge is 0.369 e. The van der Waals surface area contributed by atoms with E-state index in [0.29, 0.717) is 16.6 Å². The van der Waals surface area contributed by atoms with Gasteiger partial charge in [0.1, 0.15) is 0 Å². The maximum absolute atomic E-state index is 11.4. The molecule has 0 aromatic heterocycles. The molecule has 3 nitrogen and oxygen atoms in total. The molecule has 0 amide bonds. The van der Waals surface area contributed by atoms with Gasteiger partial charge >= 0.3 is 0 Å². The number of hydrogen-bond donors (Lipinski definition) is 0. The Morgan fingerprint density at radius 2 is 1.95 bits per heavy atom. The molecule has 1 aliphatic heterocycles. The molecule has 1 saturated heterocycles. The molecule has 0 aliphatic carbocycles. The van der Waals surface area contributed by atoms with Crippen molar-refractivity contribution in [3.63, 3.8) is 0 Å². The van der Waals surface area contributed by atoms with Gasteiger partial charge in [0.25, 0.3) is 0 Å². The highest BCUT2D eigenvalue weighted by Crippen LogP contribution is 2.25. The van der Waals surface area contributed by atoms with Gasteiger partial charge in [0.2, 0.25) is 0 Å². The number of carbonyl (C=O) groups excluding carboxylic acids is 1. The molecule has 0 bridgehead atoms. The van der Waals surface area contributed by atoms with Gasteiger partial charge in [-0.25, -0.2) is 0 Å². The zero-order chi connectivity index (χ0) is 14.7. The third kappa shape index (κ3) is 3.33. The average Bonchev–Trinajstić information content (AvgIpc) is 2.46. The quantitative estimate of drug-likeness (QED) is 0.795. The summed E-state index contributed by atoms with van der Waals surface area (Å²) in [6.07, 6.45) is 1.19. The number of ketones is 1. The fraction of sp³-hybridized carbons (Fsp3) is 0.562. The lowest BCUT2D eigenvalue weighted by Crippen LogP contribution is -2.49. The van der Waals surface area contributed by atoms with Crippen LogP contribution in [0.5, 0.6) is 0 Å². The van der Waals surface area contributed by atoms with Gasteiger partial charge in [-0.3, -0.25) is 9.69 Å². The van der Waals surface area contributed by atoms with Crippen molar-refractivity contribution in [3.8, 4) is 0 Å². The molecule has 1 aromatic rings. The van der Waals surface area contributed by atoms with E-state index in [4.69, 9.17) is 11.6 Å². The predicted molar refractivity (Wildman–Crippen MR) is 85.0 cm³/mol. The molecule has 1 aromatic carbocycles. The molecule has 20 heavy (non-hydrogen) atoms. The maximum Gasteiger partial charge on any atom is 0.161 e. The van der Waals surface area contributed by atoms with E-state index in [9.17, 15) is 4.79 Å². The first-order chi connectivity index (χ1) is 9.52. The normalized spacial score (nSPS) is 18.1. The topological polar surface area (TPSA) is 23.6 Å². The van der Waals surface area contributed by atoms with Crippen molar-refractivity contribution in [3.05, 3.63) is 28.8 Å². The lowest BCUT2D eigenvalue weighted by atomic mass is 10.1. The zero-order valence-corrected chi connectivity index (χ0v) is 13.3. The number of benzene rings is 1. The minimum Gasteiger partial charge on any atom is -0.369 e. The Balaban J connectivity index is 2.04. The van der Waals surface area contributed by atoms with E-state index in [2.05, 4.69) is 23.6 Å². The molecule has 1 heterocycles. The molecule has 4 heteroatoms. The highest BCUT2D eigenvalue weighted by atomic mass is 35.5. The fourth-order valence-electron chi connectivity index (χ4n) is 2.67. The first kappa shape index (κ1) is 15.3. The van der Waals surface area contributed by atoms with Crippen molar-refractivity contribution in [1.82, 2.24) is 4.90 Å². The van der Waals surface area contributed by atoms with Gasteiger partial charge < -0.3 is 4.90 Å². The Hall–Kier alpha value is -1.06. The van der Waals surface area contributed by atoms with Crippen LogP contribution in [0.25, 0.3) is 0 Å². The minimum atomic E-state index is 0.0168. The second-order valence-electron chi connectivity index (χ2n) is 5.50. The van der Waals surface area contributed by atoms with E-state index in [1.54, 1.807) is 6.92 Å². The summed E-state index contributed by atoms with van der Waals surface area (Å²) in [5, 5.41) is 0.555. The van der Waals surface area contributed by atoms with Crippen molar-refractivity contribution >= 4 is 23.1 Å². The van der Waals surface area contributed by atoms with Gasteiger partial charge in [-0.2, -0.15) is 0 Å². The Labute approximate surface area is 126 Å². The van der Waals surface area contributed by atoms with Crippen LogP contribution >= 0.6 is 11.6 Å². The molecular weight excluding hydrogens is 272 g/mol. The van der Waals surface area contributed by atoms with Crippen molar-refractivity contribution in [2.75, 3.05) is 31.1 Å². The van der Waals surface area contributed by atoms with Crippen LogP contribution in [-0.4, -0.2) is 42.9 Å². The molecule has 0 N–H and O–H groups in total. The van der Waals surface area contributed by atoms with Crippen LogP contribution in [0.15, 0.2) is 18.2 Å². The first-order valence-electron chi connectivity index (χ1n) is 7.32. The monoisotopic (exact) mass is 294 g/mol. The SMILES string of the molecule is CCC(C)N1CCN(c2ccc(C(C)=O)c(Cl)c2)CC1. The van der Waals surface area contributed by atoms with Crippen LogP contribution < -0.4 is 4.90 Å². The molecular formula is C16H23ClN2O. The van der Waals surface area contributed by atoms with E-state index in [0.717, 1.165) is 31.9 Å². The molecule has 1 aliphatic rings. The Kier molecular flexibility index (Phi) is 5.06. The van der Waals surface area contributed by atoms with Crippen LogP contribution in [-0.2, 0) is 0 Å². The highest BCUT2D eigenvalue weighted by molar-refractivity contribution is 6.34. The lowest BCUT2D eigenvalue weighted by Gasteiger charge is -2.39. The minimum absolute atomic E-state index is 0.0168. The number of anilines is 1. The fourth-order valence-corrected chi connectivity index (χ4v) is 2.97. The summed E-state index contributed by atoms with van der Waals surface area (Å²) in [6, 6.07) is 6.40. The zero-order valence-electron chi connectivity index (χ0n) is 12.5. The molecule has 0 saturated carbocycles. The van der Waals surface area contributed by atoms with Gasteiger partial charge in [-0.1, -0.05) is 18.5 Å². The molecule has 110 valence electrons. The van der Waals surface area contributed by atoms with Crippen molar-refractivity contribution in [2.45, 2.75) is 33.2 Å². The summed E-state index contributed by atoms with van der Waals surface area (Å²) in [7, 11) is 0. The van der Waals surface area contributed by atoms with E-state index in [-0.39, 0.29) is 5.78 Å². The van der Waals surface area contributed by atoms with Gasteiger partial charge in [-0.05, 0) is 38.5 Å². The van der Waals surface area contributed by atoms with Crippen LogP contribution in [0.1, 0.15) is 37.6 Å². The Morgan fingerprint density at radius 3 is 2.45 bits per heavy atom. The molecule has 0 spiro atoms. The van der Waals surface area contributed by atoms with E-state index >= 15 is 0 Å². The van der Waals surface area contributed by atoms with E-state index < -0.39 is 0 Å². The van der Waals surface area contributed by atoms with Gasteiger partial charge in [0, 0.05) is 43.5 Å². The molecule has 2 rings (SSSR count). The van der Waals surface area contributed by atoms with Crippen LogP contribution in [0, 0.1) is 0 Å². The number of nitrogens with zero attached hydrogens (tertiary/aromatic N) is 2.